The summed E-state index contributed by atoms with van der Waals surface area (Å²) in [6, 6.07) is 11.7. The fourth-order valence-electron chi connectivity index (χ4n) is 5.50. The Balaban J connectivity index is 1.60. The molecule has 238 valence electrons. The molecule has 0 aliphatic carbocycles. The highest BCUT2D eigenvalue weighted by molar-refractivity contribution is 6.38. The fraction of sp³-hybridized carbons (Fsp3) is 0.324. The van der Waals surface area contributed by atoms with E-state index in [2.05, 4.69) is 26.3 Å². The number of aromatic amines is 1. The third-order valence-corrected chi connectivity index (χ3v) is 8.35. The van der Waals surface area contributed by atoms with Crippen LogP contribution >= 0.6 is 23.2 Å². The van der Waals surface area contributed by atoms with Crippen LogP contribution in [0.5, 0.6) is 0 Å². The van der Waals surface area contributed by atoms with Gasteiger partial charge in [0, 0.05) is 34.5 Å². The Bertz CT molecular complexity index is 1780. The number of nitrogens with one attached hydrogen (secondary N) is 5. The zero-order chi connectivity index (χ0) is 33.2. The molecule has 1 aliphatic rings. The molecule has 1 aliphatic heterocycles. The van der Waals surface area contributed by atoms with Gasteiger partial charge in [0.05, 0.1) is 28.8 Å². The molecule has 0 bridgehead atoms. The lowest BCUT2D eigenvalue weighted by Gasteiger charge is -2.29. The van der Waals surface area contributed by atoms with Crippen LogP contribution in [0.25, 0.3) is 10.9 Å². The molecular formula is C34H33Cl2N5O5. The van der Waals surface area contributed by atoms with Crippen molar-refractivity contribution in [3.8, 4) is 0 Å². The Morgan fingerprint density at radius 2 is 1.74 bits per heavy atom. The molecular weight excluding hydrogens is 629 g/mol. The molecule has 10 nitrogen and oxygen atoms in total. The second kappa shape index (κ2) is 16.0. The van der Waals surface area contributed by atoms with Crippen LogP contribution in [-0.4, -0.2) is 59.3 Å². The first-order valence-electron chi connectivity index (χ1n) is 14.7. The Kier molecular flexibility index (Phi) is 11.9. The van der Waals surface area contributed by atoms with E-state index in [0.29, 0.717) is 46.0 Å². The molecule has 1 aromatic heterocycles. The number of carbonyl (C=O) groups is 1. The maximum Gasteiger partial charge on any atom is 0.268 e. The Hall–Kier alpha value is -4.77. The van der Waals surface area contributed by atoms with Crippen molar-refractivity contribution in [2.45, 2.75) is 51.2 Å². The summed E-state index contributed by atoms with van der Waals surface area (Å²) in [6.45, 7) is 4.24. The van der Waals surface area contributed by atoms with Crippen molar-refractivity contribution >= 4 is 63.8 Å². The normalized spacial score (nSPS) is 15.8. The molecule has 0 radical (unpaired) electrons. The lowest BCUT2D eigenvalue weighted by atomic mass is 9.95. The van der Waals surface area contributed by atoms with Crippen molar-refractivity contribution < 1.29 is 24.0 Å². The van der Waals surface area contributed by atoms with E-state index in [1.165, 1.54) is 6.08 Å². The van der Waals surface area contributed by atoms with E-state index < -0.39 is 24.0 Å². The van der Waals surface area contributed by atoms with Gasteiger partial charge in [-0.05, 0) is 48.9 Å². The first kappa shape index (κ1) is 34.1. The lowest BCUT2D eigenvalue weighted by molar-refractivity contribution is 0.0928. The van der Waals surface area contributed by atoms with Gasteiger partial charge in [0.1, 0.15) is 40.9 Å². The highest BCUT2D eigenvalue weighted by Crippen LogP contribution is 2.29. The van der Waals surface area contributed by atoms with Crippen LogP contribution < -0.4 is 21.3 Å². The van der Waals surface area contributed by atoms with Gasteiger partial charge in [0.15, 0.2) is 0 Å². The van der Waals surface area contributed by atoms with Crippen LogP contribution in [-0.2, 0) is 25.6 Å². The molecule has 4 atom stereocenters. The zero-order valence-electron chi connectivity index (χ0n) is 25.2. The minimum Gasteiger partial charge on any atom is -0.379 e. The fourth-order valence-corrected chi connectivity index (χ4v) is 6.05. The minimum atomic E-state index is -0.839. The average molecular weight is 663 g/mol. The van der Waals surface area contributed by atoms with Gasteiger partial charge in [-0.15, -0.1) is 0 Å². The highest BCUT2D eigenvalue weighted by Gasteiger charge is 2.30. The Morgan fingerprint density at radius 1 is 1.00 bits per heavy atom. The van der Waals surface area contributed by atoms with Gasteiger partial charge in [-0.25, -0.2) is 19.2 Å². The molecule has 0 spiro atoms. The van der Waals surface area contributed by atoms with Crippen molar-refractivity contribution in [2.75, 3.05) is 6.54 Å². The summed E-state index contributed by atoms with van der Waals surface area (Å²) in [4.78, 5) is 64.1. The third-order valence-electron chi connectivity index (χ3n) is 7.82. The van der Waals surface area contributed by atoms with E-state index in [4.69, 9.17) is 23.2 Å². The predicted molar refractivity (Wildman–Crippen MR) is 177 cm³/mol. The summed E-state index contributed by atoms with van der Waals surface area (Å²) in [5, 5.41) is 13.5. The van der Waals surface area contributed by atoms with Crippen molar-refractivity contribution in [2.24, 2.45) is 11.8 Å². The number of fused-ring (bicyclic) bond motifs is 1. The monoisotopic (exact) mass is 661 g/mol. The molecule has 1 amide bonds. The average Bonchev–Trinajstić information content (AvgIpc) is 3.68. The summed E-state index contributed by atoms with van der Waals surface area (Å²) in [7, 11) is 0. The van der Waals surface area contributed by atoms with Crippen LogP contribution in [0.2, 0.25) is 10.0 Å². The van der Waals surface area contributed by atoms with E-state index >= 15 is 0 Å². The number of aromatic nitrogens is 1. The van der Waals surface area contributed by atoms with Gasteiger partial charge in [-0.3, -0.25) is 4.79 Å². The zero-order valence-corrected chi connectivity index (χ0v) is 26.7. The SMILES string of the molecule is CC(C)[C@H](NC(=O)c1cc2c(Cl)cc(Cl)cc2[nH]1)C(=C=O)N[C@@H](Cc1ccccc1)C(=C=O)N[C@H](C=C=O)C[C@@H]1CCNC1=C=O. The van der Waals surface area contributed by atoms with Crippen LogP contribution in [0.1, 0.15) is 42.7 Å². The largest absolute Gasteiger partial charge is 0.379 e. The van der Waals surface area contributed by atoms with Crippen molar-refractivity contribution in [1.82, 2.24) is 26.3 Å². The van der Waals surface area contributed by atoms with E-state index in [-0.39, 0.29) is 35.3 Å². The standard InChI is InChI=1S/C34H33Cl2N5O5/c1-20(2)33(41-34(46)29-16-25-26(36)14-23(35)15-27(25)39-29)32(19-45)40-28(12-21-6-4-3-5-7-21)31(18-44)38-24(9-11-42)13-22-8-10-37-30(22)17-43/h3-7,9,14-16,20,22,24,28,33,37-40H,8,10,12-13H2,1-2H3,(H,41,46)/t22-,24+,28-,33-/m0/s1. The van der Waals surface area contributed by atoms with Gasteiger partial charge in [-0.1, -0.05) is 67.4 Å². The van der Waals surface area contributed by atoms with Crippen molar-refractivity contribution in [1.29, 1.82) is 0 Å². The third kappa shape index (κ3) is 8.48. The maximum atomic E-state index is 13.4. The van der Waals surface area contributed by atoms with Crippen molar-refractivity contribution in [3.05, 3.63) is 93.0 Å². The number of H-pyrrole nitrogens is 1. The van der Waals surface area contributed by atoms with E-state index in [0.717, 1.165) is 5.56 Å². The van der Waals surface area contributed by atoms with Crippen molar-refractivity contribution in [3.63, 3.8) is 0 Å². The topological polar surface area (TPSA) is 149 Å². The molecule has 5 N–H and O–H groups in total. The molecule has 46 heavy (non-hydrogen) atoms. The molecule has 2 aromatic carbocycles. The van der Waals surface area contributed by atoms with Crippen LogP contribution in [0.3, 0.4) is 0 Å². The van der Waals surface area contributed by atoms with E-state index in [9.17, 15) is 24.0 Å². The number of hydrogen-bond acceptors (Lipinski definition) is 8. The van der Waals surface area contributed by atoms with Gasteiger partial charge in [0.25, 0.3) is 5.91 Å². The number of amides is 1. The summed E-state index contributed by atoms with van der Waals surface area (Å²) in [6.07, 6.45) is 2.46. The number of rotatable bonds is 14. The first-order chi connectivity index (χ1) is 22.2. The second-order valence-corrected chi connectivity index (χ2v) is 12.2. The lowest BCUT2D eigenvalue weighted by Crippen LogP contribution is -2.49. The maximum absolute atomic E-state index is 13.4. The molecule has 0 saturated carbocycles. The molecule has 4 rings (SSSR count). The first-order valence-corrected chi connectivity index (χ1v) is 15.5. The highest BCUT2D eigenvalue weighted by atomic mass is 35.5. The number of benzene rings is 2. The molecule has 2 heterocycles. The molecule has 0 unspecified atom stereocenters. The van der Waals surface area contributed by atoms with E-state index in [1.807, 2.05) is 62.0 Å². The van der Waals surface area contributed by atoms with Gasteiger partial charge >= 0.3 is 0 Å². The molecule has 3 aromatic rings. The number of carbonyl (C=O) groups excluding carboxylic acids is 5. The molecule has 1 fully saturated rings. The van der Waals surface area contributed by atoms with Gasteiger partial charge in [0.2, 0.25) is 0 Å². The predicted octanol–water partition coefficient (Wildman–Crippen LogP) is 3.92. The smallest absolute Gasteiger partial charge is 0.268 e. The van der Waals surface area contributed by atoms with Gasteiger partial charge in [-0.2, -0.15) is 0 Å². The minimum absolute atomic E-state index is 0.00432. The quantitative estimate of drug-likeness (QED) is 0.163. The number of halogens is 2. The Morgan fingerprint density at radius 3 is 2.39 bits per heavy atom. The molecule has 1 saturated heterocycles. The van der Waals surface area contributed by atoms with Crippen LogP contribution in [0, 0.1) is 11.8 Å². The Labute approximate surface area is 276 Å². The summed E-state index contributed by atoms with van der Waals surface area (Å²) >= 11 is 12.4. The summed E-state index contributed by atoms with van der Waals surface area (Å²) < 4.78 is 0. The summed E-state index contributed by atoms with van der Waals surface area (Å²) in [5.41, 5.74) is 2.07. The van der Waals surface area contributed by atoms with E-state index in [1.54, 1.807) is 24.1 Å². The second-order valence-electron chi connectivity index (χ2n) is 11.3. The van der Waals surface area contributed by atoms with Crippen LogP contribution in [0.15, 0.2) is 71.7 Å². The van der Waals surface area contributed by atoms with Gasteiger partial charge < -0.3 is 26.3 Å². The van der Waals surface area contributed by atoms with Crippen LogP contribution in [0.4, 0.5) is 0 Å². The summed E-state index contributed by atoms with van der Waals surface area (Å²) in [5.74, 6) is 6.56. The number of allylic oxidation sites excluding steroid dienone is 1. The number of hydrogen-bond donors (Lipinski definition) is 5. The molecule has 12 heteroatoms.